The first kappa shape index (κ1) is 18.1. The van der Waals surface area contributed by atoms with E-state index in [9.17, 15) is 4.79 Å². The number of fused-ring (bicyclic) bond motifs is 1. The Balaban J connectivity index is 1.70. The van der Waals surface area contributed by atoms with E-state index >= 15 is 0 Å². The highest BCUT2D eigenvalue weighted by Crippen LogP contribution is 2.32. The Hall–Kier alpha value is -2.67. The number of thiophene rings is 1. The minimum atomic E-state index is -0.428. The number of amides is 1. The van der Waals surface area contributed by atoms with Gasteiger partial charge in [-0.2, -0.15) is 0 Å². The number of hydrogen-bond acceptors (Lipinski definition) is 6. The van der Waals surface area contributed by atoms with Crippen LogP contribution in [-0.2, 0) is 11.3 Å². The van der Waals surface area contributed by atoms with Crippen LogP contribution in [0.15, 0.2) is 30.6 Å². The molecule has 1 atom stereocenters. The first-order chi connectivity index (χ1) is 12.5. The van der Waals surface area contributed by atoms with Crippen molar-refractivity contribution in [2.75, 3.05) is 12.4 Å². The lowest BCUT2D eigenvalue weighted by atomic mass is 10.2. The first-order valence-corrected chi connectivity index (χ1v) is 9.19. The van der Waals surface area contributed by atoms with Gasteiger partial charge in [-0.1, -0.05) is 18.2 Å². The SMILES string of the molecule is COc1ccccc1CNC(=O)[C@@H](C)Nc1ncnc2sc(C)c(C)c12. The van der Waals surface area contributed by atoms with Gasteiger partial charge in [0, 0.05) is 17.0 Å². The number of rotatable bonds is 6. The maximum absolute atomic E-state index is 12.5. The number of carbonyl (C=O) groups is 1. The van der Waals surface area contributed by atoms with Crippen LogP contribution < -0.4 is 15.4 Å². The minimum absolute atomic E-state index is 0.104. The summed E-state index contributed by atoms with van der Waals surface area (Å²) in [7, 11) is 1.62. The second kappa shape index (κ2) is 7.70. The van der Waals surface area contributed by atoms with Crippen LogP contribution in [0.25, 0.3) is 10.2 Å². The van der Waals surface area contributed by atoms with Crippen molar-refractivity contribution >= 4 is 33.3 Å². The summed E-state index contributed by atoms with van der Waals surface area (Å²) in [5.74, 6) is 1.35. The summed E-state index contributed by atoms with van der Waals surface area (Å²) >= 11 is 1.63. The van der Waals surface area contributed by atoms with Crippen molar-refractivity contribution in [3.8, 4) is 5.75 Å². The fourth-order valence-electron chi connectivity index (χ4n) is 2.75. The van der Waals surface area contributed by atoms with Crippen molar-refractivity contribution in [1.82, 2.24) is 15.3 Å². The molecule has 136 valence electrons. The van der Waals surface area contributed by atoms with Crippen molar-refractivity contribution in [3.05, 3.63) is 46.6 Å². The van der Waals surface area contributed by atoms with E-state index in [0.29, 0.717) is 12.4 Å². The highest BCUT2D eigenvalue weighted by molar-refractivity contribution is 7.18. The van der Waals surface area contributed by atoms with Crippen molar-refractivity contribution in [2.24, 2.45) is 0 Å². The first-order valence-electron chi connectivity index (χ1n) is 8.38. The maximum Gasteiger partial charge on any atom is 0.242 e. The van der Waals surface area contributed by atoms with Crippen LogP contribution in [-0.4, -0.2) is 29.0 Å². The number of nitrogens with one attached hydrogen (secondary N) is 2. The second-order valence-electron chi connectivity index (χ2n) is 6.08. The van der Waals surface area contributed by atoms with Gasteiger partial charge in [0.15, 0.2) is 0 Å². The predicted octanol–water partition coefficient (Wildman–Crippen LogP) is 3.43. The standard InChI is InChI=1S/C19H22N4O2S/c1-11-13(3)26-19-16(11)17(21-10-22-19)23-12(2)18(24)20-9-14-7-5-6-8-15(14)25-4/h5-8,10,12H,9H2,1-4H3,(H,20,24)(H,21,22,23)/t12-/m1/s1. The molecule has 0 saturated carbocycles. The molecule has 6 nitrogen and oxygen atoms in total. The Kier molecular flexibility index (Phi) is 5.37. The summed E-state index contributed by atoms with van der Waals surface area (Å²) < 4.78 is 5.31. The van der Waals surface area contributed by atoms with Crippen LogP contribution in [0.5, 0.6) is 5.75 Å². The molecule has 0 unspecified atom stereocenters. The Labute approximate surface area is 156 Å². The van der Waals surface area contributed by atoms with Crippen LogP contribution in [0.3, 0.4) is 0 Å². The molecule has 0 radical (unpaired) electrons. The minimum Gasteiger partial charge on any atom is -0.496 e. The van der Waals surface area contributed by atoms with Gasteiger partial charge in [0.1, 0.15) is 28.8 Å². The number of anilines is 1. The molecule has 0 aliphatic heterocycles. The Morgan fingerprint density at radius 2 is 2.04 bits per heavy atom. The van der Waals surface area contributed by atoms with Gasteiger partial charge in [-0.15, -0.1) is 11.3 Å². The monoisotopic (exact) mass is 370 g/mol. The summed E-state index contributed by atoms with van der Waals surface area (Å²) in [5, 5.41) is 7.14. The largest absolute Gasteiger partial charge is 0.496 e. The van der Waals surface area contributed by atoms with E-state index < -0.39 is 6.04 Å². The van der Waals surface area contributed by atoms with Crippen molar-refractivity contribution < 1.29 is 9.53 Å². The summed E-state index contributed by atoms with van der Waals surface area (Å²) in [6.07, 6.45) is 1.53. The molecule has 0 bridgehead atoms. The molecule has 2 heterocycles. The number of ether oxygens (including phenoxy) is 1. The van der Waals surface area contributed by atoms with Crippen molar-refractivity contribution in [1.29, 1.82) is 0 Å². The number of nitrogens with zero attached hydrogens (tertiary/aromatic N) is 2. The molecular weight excluding hydrogens is 348 g/mol. The topological polar surface area (TPSA) is 76.1 Å². The number of carbonyl (C=O) groups excluding carboxylic acids is 1. The fourth-order valence-corrected chi connectivity index (χ4v) is 3.74. The number of para-hydroxylation sites is 1. The lowest BCUT2D eigenvalue weighted by Gasteiger charge is -2.16. The average molecular weight is 370 g/mol. The predicted molar refractivity (Wildman–Crippen MR) is 105 cm³/mol. The van der Waals surface area contributed by atoms with Gasteiger partial charge in [-0.05, 0) is 32.4 Å². The lowest BCUT2D eigenvalue weighted by Crippen LogP contribution is -2.37. The molecule has 2 N–H and O–H groups in total. The van der Waals surface area contributed by atoms with Crippen LogP contribution >= 0.6 is 11.3 Å². The molecule has 0 fully saturated rings. The molecule has 3 rings (SSSR count). The Morgan fingerprint density at radius 3 is 2.81 bits per heavy atom. The molecule has 1 amide bonds. The highest BCUT2D eigenvalue weighted by atomic mass is 32.1. The zero-order valence-electron chi connectivity index (χ0n) is 15.3. The van der Waals surface area contributed by atoms with Crippen LogP contribution in [0.2, 0.25) is 0 Å². The van der Waals surface area contributed by atoms with Gasteiger partial charge in [-0.25, -0.2) is 9.97 Å². The van der Waals surface area contributed by atoms with Gasteiger partial charge in [-0.3, -0.25) is 4.79 Å². The van der Waals surface area contributed by atoms with Gasteiger partial charge in [0.2, 0.25) is 5.91 Å². The maximum atomic E-state index is 12.5. The van der Waals surface area contributed by atoms with Crippen LogP contribution in [0, 0.1) is 13.8 Å². The van der Waals surface area contributed by atoms with E-state index in [1.807, 2.05) is 31.2 Å². The molecule has 7 heteroatoms. The Bertz CT molecular complexity index is 938. The second-order valence-corrected chi connectivity index (χ2v) is 7.28. The summed E-state index contributed by atoms with van der Waals surface area (Å²) in [6, 6.07) is 7.21. The van der Waals surface area contributed by atoms with Gasteiger partial charge in [0.05, 0.1) is 12.5 Å². The van der Waals surface area contributed by atoms with Gasteiger partial charge in [0.25, 0.3) is 0 Å². The van der Waals surface area contributed by atoms with Crippen molar-refractivity contribution in [2.45, 2.75) is 33.4 Å². The van der Waals surface area contributed by atoms with E-state index in [4.69, 9.17) is 4.74 Å². The lowest BCUT2D eigenvalue weighted by molar-refractivity contribution is -0.121. The molecule has 2 aromatic heterocycles. The smallest absolute Gasteiger partial charge is 0.242 e. The third kappa shape index (κ3) is 3.62. The number of benzene rings is 1. The van der Waals surface area contributed by atoms with Gasteiger partial charge < -0.3 is 15.4 Å². The molecule has 1 aromatic carbocycles. The Morgan fingerprint density at radius 1 is 1.27 bits per heavy atom. The number of hydrogen-bond donors (Lipinski definition) is 2. The molecule has 0 aliphatic rings. The van der Waals surface area contributed by atoms with Crippen molar-refractivity contribution in [3.63, 3.8) is 0 Å². The molecule has 0 spiro atoms. The quantitative estimate of drug-likeness (QED) is 0.695. The zero-order chi connectivity index (χ0) is 18.7. The van der Waals surface area contributed by atoms with E-state index in [1.54, 1.807) is 18.4 Å². The summed E-state index contributed by atoms with van der Waals surface area (Å²) in [6.45, 7) is 6.34. The summed E-state index contributed by atoms with van der Waals surface area (Å²) in [4.78, 5) is 23.3. The molecular formula is C19H22N4O2S. The van der Waals surface area contributed by atoms with Gasteiger partial charge >= 0.3 is 0 Å². The number of aromatic nitrogens is 2. The normalized spacial score (nSPS) is 12.0. The van der Waals surface area contributed by atoms with E-state index in [-0.39, 0.29) is 5.91 Å². The summed E-state index contributed by atoms with van der Waals surface area (Å²) in [5.41, 5.74) is 2.08. The third-order valence-corrected chi connectivity index (χ3v) is 5.47. The van der Waals surface area contributed by atoms with E-state index in [1.165, 1.54) is 11.2 Å². The highest BCUT2D eigenvalue weighted by Gasteiger charge is 2.17. The molecule has 26 heavy (non-hydrogen) atoms. The number of aryl methyl sites for hydroxylation is 2. The molecule has 3 aromatic rings. The number of methoxy groups -OCH3 is 1. The molecule has 0 aliphatic carbocycles. The van der Waals surface area contributed by atoms with Crippen LogP contribution in [0.4, 0.5) is 5.82 Å². The molecule has 0 saturated heterocycles. The van der Waals surface area contributed by atoms with E-state index in [0.717, 1.165) is 27.1 Å². The fraction of sp³-hybridized carbons (Fsp3) is 0.316. The average Bonchev–Trinajstić information content (AvgIpc) is 2.94. The van der Waals surface area contributed by atoms with Crippen LogP contribution in [0.1, 0.15) is 22.9 Å². The van der Waals surface area contributed by atoms with E-state index in [2.05, 4.69) is 34.4 Å². The third-order valence-electron chi connectivity index (χ3n) is 4.36. The zero-order valence-corrected chi connectivity index (χ0v) is 16.1.